The van der Waals surface area contributed by atoms with Gasteiger partial charge >= 0.3 is 0 Å². The second kappa shape index (κ2) is 8.34. The number of aliphatic hydroxyl groups excluding tert-OH is 1. The Kier molecular flexibility index (Phi) is 5.91. The van der Waals surface area contributed by atoms with Crippen LogP contribution in [0.4, 0.5) is 0 Å². The number of unbranched alkanes of at least 4 members (excludes halogenated alkanes) is 1. The molecular weight excluding hydrogens is 320 g/mol. The molecule has 1 heterocycles. The summed E-state index contributed by atoms with van der Waals surface area (Å²) in [5.74, 6) is 0. The maximum absolute atomic E-state index is 8.85. The molecule has 0 aliphatic rings. The van der Waals surface area contributed by atoms with E-state index in [9.17, 15) is 0 Å². The number of fused-ring (bicyclic) bond motifs is 1. The van der Waals surface area contributed by atoms with E-state index in [0.717, 1.165) is 37.5 Å². The molecule has 0 aliphatic carbocycles. The number of rotatable bonds is 8. The molecule has 24 heavy (non-hydrogen) atoms. The van der Waals surface area contributed by atoms with Crippen molar-refractivity contribution in [1.29, 1.82) is 0 Å². The fraction of sp³-hybridized carbons (Fsp3) is 0.300. The minimum Gasteiger partial charge on any atom is -0.396 e. The Bertz CT molecular complexity index is 797. The second-order valence-corrected chi connectivity index (χ2v) is 6.47. The topological polar surface area (TPSA) is 37.2 Å². The van der Waals surface area contributed by atoms with Gasteiger partial charge in [0.15, 0.2) is 0 Å². The minimum absolute atomic E-state index is 0.265. The van der Waals surface area contributed by atoms with Crippen molar-refractivity contribution in [2.24, 2.45) is 0 Å². The van der Waals surface area contributed by atoms with Gasteiger partial charge in [-0.25, -0.2) is 0 Å². The van der Waals surface area contributed by atoms with Gasteiger partial charge in [0.25, 0.3) is 0 Å². The lowest BCUT2D eigenvalue weighted by Crippen LogP contribution is -2.14. The number of hydrogen-bond donors (Lipinski definition) is 2. The van der Waals surface area contributed by atoms with Crippen LogP contribution in [0, 0.1) is 0 Å². The molecule has 0 amide bonds. The van der Waals surface area contributed by atoms with Crippen LogP contribution in [0.1, 0.15) is 24.0 Å². The molecule has 3 rings (SSSR count). The number of para-hydroxylation sites is 1. The molecule has 1 aromatic heterocycles. The largest absolute Gasteiger partial charge is 0.396 e. The maximum Gasteiger partial charge on any atom is 0.0486 e. The Morgan fingerprint density at radius 1 is 1.04 bits per heavy atom. The molecule has 3 nitrogen and oxygen atoms in total. The Morgan fingerprint density at radius 3 is 2.75 bits per heavy atom. The molecule has 0 radical (unpaired) electrons. The first-order chi connectivity index (χ1) is 11.8. The van der Waals surface area contributed by atoms with E-state index in [1.165, 1.54) is 22.0 Å². The van der Waals surface area contributed by atoms with Crippen LogP contribution >= 0.6 is 11.6 Å². The number of benzene rings is 2. The summed E-state index contributed by atoms with van der Waals surface area (Å²) in [5.41, 5.74) is 3.74. The van der Waals surface area contributed by atoms with E-state index >= 15 is 0 Å². The first kappa shape index (κ1) is 17.0. The summed E-state index contributed by atoms with van der Waals surface area (Å²) in [4.78, 5) is 0. The molecule has 0 saturated heterocycles. The fourth-order valence-corrected chi connectivity index (χ4v) is 3.22. The number of nitrogens with one attached hydrogen (secondary N) is 1. The highest BCUT2D eigenvalue weighted by molar-refractivity contribution is 6.30. The molecule has 0 bridgehead atoms. The smallest absolute Gasteiger partial charge is 0.0486 e. The van der Waals surface area contributed by atoms with Crippen LogP contribution in [-0.2, 0) is 13.1 Å². The Labute approximate surface area is 147 Å². The van der Waals surface area contributed by atoms with Crippen molar-refractivity contribution in [2.75, 3.05) is 13.2 Å². The number of hydrogen-bond acceptors (Lipinski definition) is 2. The monoisotopic (exact) mass is 342 g/mol. The van der Waals surface area contributed by atoms with Crippen LogP contribution in [0.3, 0.4) is 0 Å². The van der Waals surface area contributed by atoms with E-state index in [0.29, 0.717) is 0 Å². The van der Waals surface area contributed by atoms with Gasteiger partial charge in [-0.3, -0.25) is 0 Å². The molecule has 3 aromatic rings. The van der Waals surface area contributed by atoms with Gasteiger partial charge in [0, 0.05) is 41.8 Å². The van der Waals surface area contributed by atoms with Crippen molar-refractivity contribution in [2.45, 2.75) is 25.9 Å². The highest BCUT2D eigenvalue weighted by Crippen LogP contribution is 2.23. The third kappa shape index (κ3) is 4.18. The summed E-state index contributed by atoms with van der Waals surface area (Å²) in [6.45, 7) is 2.84. The van der Waals surface area contributed by atoms with Gasteiger partial charge in [0.05, 0.1) is 0 Å². The molecule has 4 heteroatoms. The number of nitrogens with zero attached hydrogens (tertiary/aromatic N) is 1. The molecule has 0 unspecified atom stereocenters. The summed E-state index contributed by atoms with van der Waals surface area (Å²) in [6, 6.07) is 16.5. The lowest BCUT2D eigenvalue weighted by Gasteiger charge is -2.06. The molecule has 0 saturated carbocycles. The summed E-state index contributed by atoms with van der Waals surface area (Å²) in [6.07, 6.45) is 4.08. The molecule has 126 valence electrons. The van der Waals surface area contributed by atoms with E-state index in [1.54, 1.807) is 0 Å². The van der Waals surface area contributed by atoms with E-state index < -0.39 is 0 Å². The van der Waals surface area contributed by atoms with Crippen LogP contribution in [0.5, 0.6) is 0 Å². The SMILES string of the molecule is OCCCCNCc1cn(Cc2cccc(Cl)c2)c2ccccc12. The van der Waals surface area contributed by atoms with Crippen LogP contribution in [0.2, 0.25) is 5.02 Å². The van der Waals surface area contributed by atoms with Gasteiger partial charge in [-0.1, -0.05) is 41.9 Å². The van der Waals surface area contributed by atoms with Crippen molar-refractivity contribution >= 4 is 22.5 Å². The highest BCUT2D eigenvalue weighted by Gasteiger charge is 2.08. The Morgan fingerprint density at radius 2 is 1.92 bits per heavy atom. The normalized spacial score (nSPS) is 11.2. The molecule has 0 spiro atoms. The van der Waals surface area contributed by atoms with Crippen molar-refractivity contribution in [1.82, 2.24) is 9.88 Å². The van der Waals surface area contributed by atoms with Crippen molar-refractivity contribution < 1.29 is 5.11 Å². The summed E-state index contributed by atoms with van der Waals surface area (Å²) in [5, 5.41) is 14.4. The number of aliphatic hydroxyl groups is 1. The van der Waals surface area contributed by atoms with Gasteiger partial charge in [0.2, 0.25) is 0 Å². The van der Waals surface area contributed by atoms with Gasteiger partial charge < -0.3 is 15.0 Å². The summed E-state index contributed by atoms with van der Waals surface area (Å²) >= 11 is 6.11. The standard InChI is InChI=1S/C20H23ClN2O/c21-18-7-5-6-16(12-18)14-23-15-17(13-22-10-3-4-11-24)19-8-1-2-9-20(19)23/h1-2,5-9,12,15,22,24H,3-4,10-11,13-14H2. The van der Waals surface area contributed by atoms with Crippen LogP contribution in [-0.4, -0.2) is 22.8 Å². The lowest BCUT2D eigenvalue weighted by molar-refractivity contribution is 0.283. The van der Waals surface area contributed by atoms with Crippen molar-refractivity contribution in [3.63, 3.8) is 0 Å². The van der Waals surface area contributed by atoms with E-state index in [1.807, 2.05) is 18.2 Å². The second-order valence-electron chi connectivity index (χ2n) is 6.04. The summed E-state index contributed by atoms with van der Waals surface area (Å²) in [7, 11) is 0. The fourth-order valence-electron chi connectivity index (χ4n) is 3.01. The molecular formula is C20H23ClN2O. The lowest BCUT2D eigenvalue weighted by atomic mass is 10.2. The molecule has 2 aromatic carbocycles. The Hall–Kier alpha value is -1.81. The van der Waals surface area contributed by atoms with Crippen LogP contribution in [0.25, 0.3) is 10.9 Å². The molecule has 0 atom stereocenters. The van der Waals surface area contributed by atoms with Crippen molar-refractivity contribution in [3.05, 3.63) is 70.9 Å². The van der Waals surface area contributed by atoms with Gasteiger partial charge in [-0.2, -0.15) is 0 Å². The number of halogens is 1. The van der Waals surface area contributed by atoms with Crippen LogP contribution in [0.15, 0.2) is 54.7 Å². The molecule has 0 aliphatic heterocycles. The van der Waals surface area contributed by atoms with Gasteiger partial charge in [-0.15, -0.1) is 0 Å². The third-order valence-corrected chi connectivity index (χ3v) is 4.43. The van der Waals surface area contributed by atoms with E-state index in [-0.39, 0.29) is 6.61 Å². The first-order valence-corrected chi connectivity index (χ1v) is 8.78. The molecule has 0 fully saturated rings. The van der Waals surface area contributed by atoms with Gasteiger partial charge in [-0.05, 0) is 48.7 Å². The average Bonchev–Trinajstić information content (AvgIpc) is 2.93. The highest BCUT2D eigenvalue weighted by atomic mass is 35.5. The zero-order chi connectivity index (χ0) is 16.8. The predicted molar refractivity (Wildman–Crippen MR) is 101 cm³/mol. The molecule has 2 N–H and O–H groups in total. The third-order valence-electron chi connectivity index (χ3n) is 4.19. The first-order valence-electron chi connectivity index (χ1n) is 8.40. The zero-order valence-electron chi connectivity index (χ0n) is 13.7. The van der Waals surface area contributed by atoms with Crippen LogP contribution < -0.4 is 5.32 Å². The quantitative estimate of drug-likeness (QED) is 0.602. The average molecular weight is 343 g/mol. The van der Waals surface area contributed by atoms with Crippen molar-refractivity contribution in [3.8, 4) is 0 Å². The Balaban J connectivity index is 1.78. The van der Waals surface area contributed by atoms with E-state index in [2.05, 4.69) is 46.4 Å². The maximum atomic E-state index is 8.85. The minimum atomic E-state index is 0.265. The van der Waals surface area contributed by atoms with Gasteiger partial charge in [0.1, 0.15) is 0 Å². The number of aromatic nitrogens is 1. The zero-order valence-corrected chi connectivity index (χ0v) is 14.5. The van der Waals surface area contributed by atoms with E-state index in [4.69, 9.17) is 16.7 Å². The predicted octanol–water partition coefficient (Wildman–Crippen LogP) is 4.21. The summed E-state index contributed by atoms with van der Waals surface area (Å²) < 4.78 is 2.28.